The number of likely N-dealkylation sites (tertiary alicyclic amines) is 1. The summed E-state index contributed by atoms with van der Waals surface area (Å²) in [6, 6.07) is 12.9. The Hall–Kier alpha value is -1.75. The number of nitrogens with one attached hydrogen (secondary N) is 1. The first-order valence-corrected chi connectivity index (χ1v) is 9.55. The van der Waals surface area contributed by atoms with E-state index in [9.17, 15) is 4.79 Å². The maximum atomic E-state index is 12.9. The van der Waals surface area contributed by atoms with Gasteiger partial charge in [0.05, 0.1) is 11.2 Å². The van der Waals surface area contributed by atoms with Crippen molar-refractivity contribution in [2.75, 3.05) is 25.1 Å². The van der Waals surface area contributed by atoms with Crippen molar-refractivity contribution >= 4 is 34.9 Å². The van der Waals surface area contributed by atoms with Crippen LogP contribution in [0.5, 0.6) is 0 Å². The average molecular weight is 391 g/mol. The molecular formula is C20H20Cl2N2O2. The minimum Gasteiger partial charge on any atom is -0.381 e. The summed E-state index contributed by atoms with van der Waals surface area (Å²) in [6.45, 7) is 2.23. The summed E-state index contributed by atoms with van der Waals surface area (Å²) in [5, 5.41) is 4.33. The number of hydrogen-bond acceptors (Lipinski definition) is 2. The van der Waals surface area contributed by atoms with Gasteiger partial charge in [-0.25, -0.2) is 4.79 Å². The molecule has 0 saturated carbocycles. The van der Waals surface area contributed by atoms with Crippen LogP contribution >= 0.6 is 23.2 Å². The Morgan fingerprint density at radius 2 is 1.81 bits per heavy atom. The molecule has 0 aliphatic carbocycles. The van der Waals surface area contributed by atoms with Gasteiger partial charge < -0.3 is 15.0 Å². The molecule has 2 aliphatic heterocycles. The fraction of sp³-hybridized carbons (Fsp3) is 0.350. The Bertz CT molecular complexity index is 834. The standard InChI is InChI=1S/C20H20Cl2N2O2/c21-15-3-1-2-14(12-15)17-13-16(22)4-5-18(17)23-19(25)24-9-6-20(24)7-10-26-11-8-20/h1-5,12-13H,6-11H2,(H,23,25). The second-order valence-corrected chi connectivity index (χ2v) is 7.74. The molecule has 26 heavy (non-hydrogen) atoms. The van der Waals surface area contributed by atoms with Crippen molar-refractivity contribution in [3.8, 4) is 11.1 Å². The van der Waals surface area contributed by atoms with E-state index in [1.165, 1.54) is 0 Å². The smallest absolute Gasteiger partial charge is 0.322 e. The first-order valence-electron chi connectivity index (χ1n) is 8.79. The molecule has 2 aromatic carbocycles. The van der Waals surface area contributed by atoms with Gasteiger partial charge in [-0.1, -0.05) is 35.3 Å². The van der Waals surface area contributed by atoms with Gasteiger partial charge in [-0.15, -0.1) is 0 Å². The van der Waals surface area contributed by atoms with Gasteiger partial charge >= 0.3 is 6.03 Å². The van der Waals surface area contributed by atoms with E-state index in [4.69, 9.17) is 27.9 Å². The van der Waals surface area contributed by atoms with Crippen LogP contribution in [0.2, 0.25) is 10.0 Å². The van der Waals surface area contributed by atoms with E-state index in [1.807, 2.05) is 41.3 Å². The monoisotopic (exact) mass is 390 g/mol. The Morgan fingerprint density at radius 1 is 1.04 bits per heavy atom. The average Bonchev–Trinajstić information content (AvgIpc) is 2.63. The molecule has 1 spiro atoms. The minimum absolute atomic E-state index is 0.0367. The Balaban J connectivity index is 1.59. The molecule has 4 rings (SSSR count). The second-order valence-electron chi connectivity index (χ2n) is 6.87. The molecule has 2 heterocycles. The van der Waals surface area contributed by atoms with Crippen LogP contribution in [-0.2, 0) is 4.74 Å². The summed E-state index contributed by atoms with van der Waals surface area (Å²) in [4.78, 5) is 14.9. The summed E-state index contributed by atoms with van der Waals surface area (Å²) in [5.74, 6) is 0. The van der Waals surface area contributed by atoms with E-state index in [-0.39, 0.29) is 11.6 Å². The van der Waals surface area contributed by atoms with Crippen LogP contribution in [-0.4, -0.2) is 36.2 Å². The molecule has 2 aliphatic rings. The number of nitrogens with zero attached hydrogens (tertiary/aromatic N) is 1. The molecule has 0 bridgehead atoms. The Labute approximate surface area is 163 Å². The molecule has 2 aromatic rings. The van der Waals surface area contributed by atoms with Crippen molar-refractivity contribution in [1.82, 2.24) is 4.90 Å². The van der Waals surface area contributed by atoms with Gasteiger partial charge in [-0.3, -0.25) is 0 Å². The van der Waals surface area contributed by atoms with Crippen molar-refractivity contribution in [3.63, 3.8) is 0 Å². The highest BCUT2D eigenvalue weighted by Crippen LogP contribution is 2.40. The SMILES string of the molecule is O=C(Nc1ccc(Cl)cc1-c1cccc(Cl)c1)N1CCC12CCOCC2. The lowest BCUT2D eigenvalue weighted by Crippen LogP contribution is -2.65. The quantitative estimate of drug-likeness (QED) is 0.740. The number of ether oxygens (including phenoxy) is 1. The molecule has 2 amide bonds. The summed E-state index contributed by atoms with van der Waals surface area (Å²) < 4.78 is 5.46. The highest BCUT2D eigenvalue weighted by Gasteiger charge is 2.48. The molecule has 1 N–H and O–H groups in total. The lowest BCUT2D eigenvalue weighted by molar-refractivity contribution is -0.0600. The van der Waals surface area contributed by atoms with E-state index in [1.54, 1.807) is 6.07 Å². The van der Waals surface area contributed by atoms with E-state index < -0.39 is 0 Å². The van der Waals surface area contributed by atoms with Gasteiger partial charge in [-0.2, -0.15) is 0 Å². The fourth-order valence-electron chi connectivity index (χ4n) is 3.83. The predicted octanol–water partition coefficient (Wildman–Crippen LogP) is 5.45. The number of urea groups is 1. The van der Waals surface area contributed by atoms with Crippen molar-refractivity contribution < 1.29 is 9.53 Å². The molecule has 0 radical (unpaired) electrons. The second kappa shape index (κ2) is 7.10. The van der Waals surface area contributed by atoms with Gasteiger partial charge in [0.2, 0.25) is 0 Å². The number of carbonyl (C=O) groups is 1. The topological polar surface area (TPSA) is 41.6 Å². The van der Waals surface area contributed by atoms with E-state index in [0.29, 0.717) is 10.0 Å². The maximum absolute atomic E-state index is 12.9. The normalized spacial score (nSPS) is 18.5. The van der Waals surface area contributed by atoms with Gasteiger partial charge in [-0.05, 0) is 55.2 Å². The Morgan fingerprint density at radius 3 is 2.50 bits per heavy atom. The zero-order chi connectivity index (χ0) is 18.1. The lowest BCUT2D eigenvalue weighted by Gasteiger charge is -2.54. The first-order chi connectivity index (χ1) is 12.6. The third-order valence-corrected chi connectivity index (χ3v) is 5.87. The van der Waals surface area contributed by atoms with Crippen LogP contribution in [0.4, 0.5) is 10.5 Å². The lowest BCUT2D eigenvalue weighted by atomic mass is 9.78. The van der Waals surface area contributed by atoms with Crippen LogP contribution in [0.15, 0.2) is 42.5 Å². The summed E-state index contributed by atoms with van der Waals surface area (Å²) >= 11 is 12.3. The van der Waals surface area contributed by atoms with Crippen molar-refractivity contribution in [2.24, 2.45) is 0 Å². The fourth-order valence-corrected chi connectivity index (χ4v) is 4.19. The number of benzene rings is 2. The molecule has 4 nitrogen and oxygen atoms in total. The highest BCUT2D eigenvalue weighted by atomic mass is 35.5. The molecule has 0 aromatic heterocycles. The van der Waals surface area contributed by atoms with Crippen molar-refractivity contribution in [3.05, 3.63) is 52.5 Å². The predicted molar refractivity (Wildman–Crippen MR) is 105 cm³/mol. The molecular weight excluding hydrogens is 371 g/mol. The van der Waals surface area contributed by atoms with Crippen LogP contribution in [0, 0.1) is 0 Å². The number of amides is 2. The largest absolute Gasteiger partial charge is 0.381 e. The maximum Gasteiger partial charge on any atom is 0.322 e. The number of anilines is 1. The third kappa shape index (κ3) is 3.29. The van der Waals surface area contributed by atoms with Crippen LogP contribution in [0.3, 0.4) is 0 Å². The van der Waals surface area contributed by atoms with E-state index >= 15 is 0 Å². The van der Waals surface area contributed by atoms with Crippen LogP contribution < -0.4 is 5.32 Å². The number of carbonyl (C=O) groups excluding carboxylic acids is 1. The zero-order valence-corrected chi connectivity index (χ0v) is 15.8. The third-order valence-electron chi connectivity index (χ3n) is 5.40. The van der Waals surface area contributed by atoms with E-state index in [2.05, 4.69) is 5.32 Å². The van der Waals surface area contributed by atoms with Crippen molar-refractivity contribution in [2.45, 2.75) is 24.8 Å². The molecule has 0 unspecified atom stereocenters. The van der Waals surface area contributed by atoms with Crippen LogP contribution in [0.1, 0.15) is 19.3 Å². The molecule has 0 atom stereocenters. The van der Waals surface area contributed by atoms with Gasteiger partial charge in [0.15, 0.2) is 0 Å². The number of hydrogen-bond donors (Lipinski definition) is 1. The summed E-state index contributed by atoms with van der Waals surface area (Å²) in [6.07, 6.45) is 2.86. The Kier molecular flexibility index (Phi) is 4.82. The molecule has 136 valence electrons. The highest BCUT2D eigenvalue weighted by molar-refractivity contribution is 6.31. The van der Waals surface area contributed by atoms with Gasteiger partial charge in [0.25, 0.3) is 0 Å². The van der Waals surface area contributed by atoms with Crippen molar-refractivity contribution in [1.29, 1.82) is 0 Å². The first kappa shape index (κ1) is 17.7. The summed E-state index contributed by atoms with van der Waals surface area (Å²) in [5.41, 5.74) is 2.47. The van der Waals surface area contributed by atoms with Gasteiger partial charge in [0, 0.05) is 35.4 Å². The number of rotatable bonds is 2. The molecule has 2 saturated heterocycles. The summed E-state index contributed by atoms with van der Waals surface area (Å²) in [7, 11) is 0. The van der Waals surface area contributed by atoms with Crippen LogP contribution in [0.25, 0.3) is 11.1 Å². The van der Waals surface area contributed by atoms with E-state index in [0.717, 1.165) is 55.8 Å². The zero-order valence-electron chi connectivity index (χ0n) is 14.3. The molecule has 2 fully saturated rings. The number of halogens is 2. The molecule has 6 heteroatoms. The van der Waals surface area contributed by atoms with Gasteiger partial charge in [0.1, 0.15) is 0 Å². The minimum atomic E-state index is -0.0660.